The number of Topliss-reactive ketones (excluding diaryl/α,β-unsaturated/α-hetero) is 1. The highest BCUT2D eigenvalue weighted by Crippen LogP contribution is 2.40. The molecule has 1 aromatic carbocycles. The van der Waals surface area contributed by atoms with Gasteiger partial charge in [0.05, 0.1) is 29.3 Å². The molecule has 4 heterocycles. The lowest BCUT2D eigenvalue weighted by molar-refractivity contribution is -0.143. The molecule has 12 heteroatoms. The van der Waals surface area contributed by atoms with Crippen LogP contribution in [0.1, 0.15) is 20.8 Å². The molecule has 0 bridgehead atoms. The van der Waals surface area contributed by atoms with E-state index in [0.29, 0.717) is 58.3 Å². The Hall–Kier alpha value is -3.97. The summed E-state index contributed by atoms with van der Waals surface area (Å²) in [5.41, 5.74) is 2.67. The van der Waals surface area contributed by atoms with Crippen LogP contribution in [0, 0.1) is 0 Å². The molecule has 4 aromatic rings. The summed E-state index contributed by atoms with van der Waals surface area (Å²) in [7, 11) is 0. The number of aliphatic hydroxyl groups is 3. The fraction of sp³-hybridized carbons (Fsp3) is 0.269. The average Bonchev–Trinajstić information content (AvgIpc) is 3.34. The van der Waals surface area contributed by atoms with Gasteiger partial charge in [-0.05, 0) is 35.4 Å². The van der Waals surface area contributed by atoms with E-state index < -0.39 is 24.2 Å². The van der Waals surface area contributed by atoms with Gasteiger partial charge >= 0.3 is 11.8 Å². The van der Waals surface area contributed by atoms with E-state index in [1.807, 2.05) is 12.1 Å². The third-order valence-electron chi connectivity index (χ3n) is 6.61. The molecule has 0 aliphatic carbocycles. The molecule has 0 unspecified atom stereocenters. The van der Waals surface area contributed by atoms with Gasteiger partial charge < -0.3 is 30.4 Å². The number of anilines is 2. The van der Waals surface area contributed by atoms with Gasteiger partial charge in [-0.25, -0.2) is 0 Å². The molecule has 1 aliphatic rings. The van der Waals surface area contributed by atoms with Gasteiger partial charge in [-0.15, -0.1) is 11.3 Å². The van der Waals surface area contributed by atoms with Crippen LogP contribution in [0.4, 0.5) is 11.4 Å². The first-order valence-corrected chi connectivity index (χ1v) is 12.7. The Balaban J connectivity index is 1.43. The molecule has 0 saturated carbocycles. The first kappa shape index (κ1) is 25.7. The number of aliphatic hydroxyl groups excluding tert-OH is 3. The normalized spacial score (nSPS) is 13.8. The number of aromatic nitrogens is 2. The molecule has 4 N–H and O–H groups in total. The van der Waals surface area contributed by atoms with Gasteiger partial charge in [0.2, 0.25) is 0 Å². The van der Waals surface area contributed by atoms with Crippen molar-refractivity contribution in [3.63, 3.8) is 0 Å². The number of nitrogens with zero attached hydrogens (tertiary/aromatic N) is 4. The van der Waals surface area contributed by atoms with Crippen molar-refractivity contribution in [3.8, 4) is 0 Å². The smallest absolute Gasteiger partial charge is 0.313 e. The lowest BCUT2D eigenvalue weighted by Crippen LogP contribution is -2.51. The van der Waals surface area contributed by atoms with E-state index in [-0.39, 0.29) is 23.8 Å². The summed E-state index contributed by atoms with van der Waals surface area (Å²) in [6.07, 6.45) is 4.88. The van der Waals surface area contributed by atoms with Gasteiger partial charge in [0.15, 0.2) is 5.78 Å². The monoisotopic (exact) mass is 535 g/mol. The minimum atomic E-state index is -0.888. The number of carbonyl (C=O) groups is 3. The summed E-state index contributed by atoms with van der Waals surface area (Å²) in [6.45, 7) is 0.458. The largest absolute Gasteiger partial charge is 0.392 e. The summed E-state index contributed by atoms with van der Waals surface area (Å²) in [4.78, 5) is 50.7. The number of fused-ring (bicyclic) bond motifs is 3. The lowest BCUT2D eigenvalue weighted by atomic mass is 10.0. The van der Waals surface area contributed by atoms with Crippen LogP contribution in [0.3, 0.4) is 0 Å². The van der Waals surface area contributed by atoms with Crippen LogP contribution in [0.25, 0.3) is 21.0 Å². The van der Waals surface area contributed by atoms with Crippen LogP contribution in [0.2, 0.25) is 0 Å². The molecular formula is C26H25N5O6S. The quantitative estimate of drug-likeness (QED) is 0.211. The molecule has 0 atom stereocenters. The molecule has 1 aliphatic heterocycles. The Morgan fingerprint density at radius 2 is 1.63 bits per heavy atom. The Morgan fingerprint density at radius 3 is 2.29 bits per heavy atom. The van der Waals surface area contributed by atoms with Crippen LogP contribution in [0.15, 0.2) is 42.9 Å². The third-order valence-corrected chi connectivity index (χ3v) is 7.89. The zero-order chi connectivity index (χ0) is 26.8. The highest BCUT2D eigenvalue weighted by atomic mass is 32.1. The second-order valence-electron chi connectivity index (χ2n) is 8.78. The van der Waals surface area contributed by atoms with E-state index in [9.17, 15) is 29.7 Å². The minimum Gasteiger partial charge on any atom is -0.392 e. The van der Waals surface area contributed by atoms with Crippen LogP contribution >= 0.6 is 11.3 Å². The number of carbonyl (C=O) groups excluding carboxylic acids is 3. The van der Waals surface area contributed by atoms with Crippen LogP contribution < -0.4 is 10.2 Å². The Kier molecular flexibility index (Phi) is 7.29. The first-order chi connectivity index (χ1) is 18.4. The maximum atomic E-state index is 13.0. The molecule has 38 heavy (non-hydrogen) atoms. The number of amides is 2. The number of rotatable bonds is 6. The van der Waals surface area contributed by atoms with Gasteiger partial charge in [-0.1, -0.05) is 0 Å². The van der Waals surface area contributed by atoms with Crippen molar-refractivity contribution in [3.05, 3.63) is 58.9 Å². The van der Waals surface area contributed by atoms with E-state index in [1.165, 1.54) is 11.1 Å². The second-order valence-corrected chi connectivity index (χ2v) is 9.80. The van der Waals surface area contributed by atoms with Crippen molar-refractivity contribution < 1.29 is 29.7 Å². The topological polar surface area (TPSA) is 156 Å². The van der Waals surface area contributed by atoms with E-state index >= 15 is 0 Å². The number of ketones is 1. The highest BCUT2D eigenvalue weighted by Gasteiger charge is 2.29. The molecule has 3 aromatic heterocycles. The van der Waals surface area contributed by atoms with Gasteiger partial charge in [-0.2, -0.15) is 0 Å². The zero-order valence-corrected chi connectivity index (χ0v) is 21.1. The van der Waals surface area contributed by atoms with Crippen molar-refractivity contribution in [1.29, 1.82) is 0 Å². The van der Waals surface area contributed by atoms with Gasteiger partial charge in [0.1, 0.15) is 6.61 Å². The number of thiophene rings is 1. The molecule has 196 valence electrons. The number of pyridine rings is 2. The molecule has 1 saturated heterocycles. The van der Waals surface area contributed by atoms with Crippen LogP contribution in [-0.4, -0.2) is 80.6 Å². The van der Waals surface area contributed by atoms with E-state index in [2.05, 4.69) is 20.2 Å². The maximum absolute atomic E-state index is 13.0. The molecule has 0 radical (unpaired) electrons. The SMILES string of the molecule is O=C(Nc1c(C(=O)CO)sc2c1cnc1cc(CO)c(CO)cc12)C(=O)N1CCN(c2ccncc2)CC1. The van der Waals surface area contributed by atoms with Gasteiger partial charge in [-0.3, -0.25) is 24.4 Å². The Labute approximate surface area is 221 Å². The van der Waals surface area contributed by atoms with Crippen LogP contribution in [0.5, 0.6) is 0 Å². The second kappa shape index (κ2) is 10.8. The first-order valence-electron chi connectivity index (χ1n) is 11.9. The predicted octanol–water partition coefficient (Wildman–Crippen LogP) is 1.29. The van der Waals surface area contributed by atoms with E-state index in [1.54, 1.807) is 24.5 Å². The molecule has 5 rings (SSSR count). The fourth-order valence-corrected chi connectivity index (χ4v) is 5.77. The van der Waals surface area contributed by atoms with Gasteiger partial charge in [0.25, 0.3) is 0 Å². The summed E-state index contributed by atoms with van der Waals surface area (Å²) in [6, 6.07) is 7.11. The average molecular weight is 536 g/mol. The van der Waals surface area contributed by atoms with E-state index in [4.69, 9.17) is 0 Å². The molecule has 11 nitrogen and oxygen atoms in total. The molecule has 2 amide bonds. The van der Waals surface area contributed by atoms with Gasteiger partial charge in [0, 0.05) is 65.9 Å². The summed E-state index contributed by atoms with van der Waals surface area (Å²) >= 11 is 1.06. The standard InChI is InChI=1S/C26H25N5O6S/c32-12-15-9-18-20(10-16(15)13-33)28-11-19-22(24(21(35)14-34)38-23(18)19)29-25(36)26(37)31-7-5-30(6-8-31)17-1-3-27-4-2-17/h1-4,9-11,32-34H,5-8,12-14H2,(H,29,36). The molecule has 1 fully saturated rings. The molecule has 0 spiro atoms. The van der Waals surface area contributed by atoms with Crippen molar-refractivity contribution in [1.82, 2.24) is 14.9 Å². The number of benzene rings is 1. The fourth-order valence-electron chi connectivity index (χ4n) is 4.59. The summed E-state index contributed by atoms with van der Waals surface area (Å²) in [5.74, 6) is -2.21. The predicted molar refractivity (Wildman–Crippen MR) is 142 cm³/mol. The number of nitrogens with one attached hydrogen (secondary N) is 1. The lowest BCUT2D eigenvalue weighted by Gasteiger charge is -2.35. The Morgan fingerprint density at radius 1 is 0.947 bits per heavy atom. The van der Waals surface area contributed by atoms with Crippen LogP contribution in [-0.2, 0) is 22.8 Å². The summed E-state index contributed by atoms with van der Waals surface area (Å²) < 4.78 is 0.597. The van der Waals surface area contributed by atoms with Crippen molar-refractivity contribution in [2.24, 2.45) is 0 Å². The minimum absolute atomic E-state index is 0.0947. The number of hydrogen-bond acceptors (Lipinski definition) is 10. The maximum Gasteiger partial charge on any atom is 0.313 e. The van der Waals surface area contributed by atoms with Crippen molar-refractivity contribution in [2.45, 2.75) is 13.2 Å². The zero-order valence-electron chi connectivity index (χ0n) is 20.3. The number of hydrogen-bond donors (Lipinski definition) is 4. The molecular weight excluding hydrogens is 510 g/mol. The number of piperazine rings is 1. The van der Waals surface area contributed by atoms with Crippen molar-refractivity contribution >= 4 is 61.3 Å². The van der Waals surface area contributed by atoms with E-state index in [0.717, 1.165) is 17.0 Å². The van der Waals surface area contributed by atoms with Crippen molar-refractivity contribution in [2.75, 3.05) is 43.0 Å². The Bertz CT molecular complexity index is 1530. The third kappa shape index (κ3) is 4.70. The summed E-state index contributed by atoms with van der Waals surface area (Å²) in [5, 5.41) is 32.5. The highest BCUT2D eigenvalue weighted by molar-refractivity contribution is 7.22.